The molecule has 1 amide bonds. The van der Waals surface area contributed by atoms with Crippen molar-refractivity contribution >= 4 is 11.7 Å². The molecule has 1 aromatic rings. The van der Waals surface area contributed by atoms with Gasteiger partial charge in [0.05, 0.1) is 0 Å². The van der Waals surface area contributed by atoms with Crippen molar-refractivity contribution in [2.45, 2.75) is 26.3 Å². The molecule has 0 bridgehead atoms. The van der Waals surface area contributed by atoms with E-state index >= 15 is 0 Å². The maximum absolute atomic E-state index is 11.5. The predicted molar refractivity (Wildman–Crippen MR) is 67.4 cm³/mol. The van der Waals surface area contributed by atoms with Crippen LogP contribution in [0.25, 0.3) is 0 Å². The Kier molecular flexibility index (Phi) is 5.94. The number of nitrogens with one attached hydrogen (secondary N) is 1. The third-order valence-electron chi connectivity index (χ3n) is 2.67. The first-order valence-electron chi connectivity index (χ1n) is 6.06. The van der Waals surface area contributed by atoms with E-state index in [2.05, 4.69) is 10.3 Å². The predicted octanol–water partition coefficient (Wildman–Crippen LogP) is 0.316. The second kappa shape index (κ2) is 7.47. The first-order valence-corrected chi connectivity index (χ1v) is 6.06. The highest BCUT2D eigenvalue weighted by Gasteiger charge is 2.11. The molecule has 8 heteroatoms. The van der Waals surface area contributed by atoms with E-state index in [1.807, 2.05) is 6.92 Å². The molecule has 2 N–H and O–H groups in total. The van der Waals surface area contributed by atoms with Gasteiger partial charge in [-0.15, -0.1) is 0 Å². The Labute approximate surface area is 110 Å². The average molecular weight is 270 g/mol. The van der Waals surface area contributed by atoms with Crippen LogP contribution in [0.5, 0.6) is 0 Å². The standard InChI is InChI=1S/C11H18N4O4/c1-9(3-5-16)6-12-11(17)2-4-14-7-10(13-8-14)15(18)19/h7-9,16H,2-6H2,1H3,(H,12,17). The summed E-state index contributed by atoms with van der Waals surface area (Å²) in [4.78, 5) is 25.0. The summed E-state index contributed by atoms with van der Waals surface area (Å²) in [5, 5.41) is 21.9. The highest BCUT2D eigenvalue weighted by Crippen LogP contribution is 2.06. The van der Waals surface area contributed by atoms with Crippen LogP contribution in [0.4, 0.5) is 5.82 Å². The summed E-state index contributed by atoms with van der Waals surface area (Å²) in [5.74, 6) is -0.124. The van der Waals surface area contributed by atoms with Crippen LogP contribution in [-0.2, 0) is 11.3 Å². The minimum absolute atomic E-state index is 0.107. The molecule has 0 aliphatic rings. The van der Waals surface area contributed by atoms with E-state index in [1.165, 1.54) is 17.1 Å². The molecule has 0 aliphatic carbocycles. The maximum atomic E-state index is 11.5. The average Bonchev–Trinajstić information content (AvgIpc) is 2.83. The van der Waals surface area contributed by atoms with Crippen LogP contribution in [0.15, 0.2) is 12.5 Å². The summed E-state index contributed by atoms with van der Waals surface area (Å²) in [6.07, 6.45) is 3.51. The molecule has 8 nitrogen and oxygen atoms in total. The highest BCUT2D eigenvalue weighted by molar-refractivity contribution is 5.75. The quantitative estimate of drug-likeness (QED) is 0.522. The topological polar surface area (TPSA) is 110 Å². The van der Waals surface area contributed by atoms with Crippen molar-refractivity contribution in [2.24, 2.45) is 5.92 Å². The van der Waals surface area contributed by atoms with Gasteiger partial charge in [0, 0.05) is 26.1 Å². The Bertz CT molecular complexity index is 432. The van der Waals surface area contributed by atoms with Crippen LogP contribution < -0.4 is 5.32 Å². The van der Waals surface area contributed by atoms with Crippen molar-refractivity contribution in [3.63, 3.8) is 0 Å². The molecule has 0 aliphatic heterocycles. The van der Waals surface area contributed by atoms with Gasteiger partial charge < -0.3 is 25.1 Å². The number of aliphatic hydroxyl groups is 1. The molecule has 1 unspecified atom stereocenters. The number of rotatable bonds is 8. The number of carbonyl (C=O) groups excluding carboxylic acids is 1. The van der Waals surface area contributed by atoms with E-state index in [0.717, 1.165) is 0 Å². The zero-order chi connectivity index (χ0) is 14.3. The fourth-order valence-corrected chi connectivity index (χ4v) is 1.49. The number of amides is 1. The molecular formula is C11H18N4O4. The van der Waals surface area contributed by atoms with Crippen LogP contribution in [0.1, 0.15) is 19.8 Å². The van der Waals surface area contributed by atoms with E-state index in [9.17, 15) is 14.9 Å². The molecule has 0 radical (unpaired) electrons. The number of hydrogen-bond donors (Lipinski definition) is 2. The van der Waals surface area contributed by atoms with Gasteiger partial charge in [-0.3, -0.25) is 4.79 Å². The molecule has 19 heavy (non-hydrogen) atoms. The van der Waals surface area contributed by atoms with Gasteiger partial charge in [-0.2, -0.15) is 0 Å². The zero-order valence-corrected chi connectivity index (χ0v) is 10.8. The fraction of sp³-hybridized carbons (Fsp3) is 0.636. The van der Waals surface area contributed by atoms with Gasteiger partial charge in [0.15, 0.2) is 0 Å². The monoisotopic (exact) mass is 270 g/mol. The van der Waals surface area contributed by atoms with Crippen molar-refractivity contribution < 1.29 is 14.8 Å². The molecule has 0 fully saturated rings. The number of nitrogens with zero attached hydrogens (tertiary/aromatic N) is 3. The Hall–Kier alpha value is -1.96. The minimum Gasteiger partial charge on any atom is -0.396 e. The summed E-state index contributed by atoms with van der Waals surface area (Å²) in [5.41, 5.74) is 0. The number of hydrogen-bond acceptors (Lipinski definition) is 5. The maximum Gasteiger partial charge on any atom is 0.381 e. The first-order chi connectivity index (χ1) is 9.02. The lowest BCUT2D eigenvalue weighted by Gasteiger charge is -2.10. The van der Waals surface area contributed by atoms with Gasteiger partial charge in [0.2, 0.25) is 12.2 Å². The van der Waals surface area contributed by atoms with Crippen molar-refractivity contribution in [2.75, 3.05) is 13.2 Å². The number of carbonyl (C=O) groups is 1. The largest absolute Gasteiger partial charge is 0.396 e. The molecule has 0 aromatic carbocycles. The number of aryl methyl sites for hydroxylation is 1. The molecular weight excluding hydrogens is 252 g/mol. The van der Waals surface area contributed by atoms with Gasteiger partial charge in [0.25, 0.3) is 0 Å². The summed E-state index contributed by atoms with van der Waals surface area (Å²) < 4.78 is 1.51. The third-order valence-corrected chi connectivity index (χ3v) is 2.67. The Morgan fingerprint density at radius 1 is 1.68 bits per heavy atom. The minimum atomic E-state index is -0.576. The van der Waals surface area contributed by atoms with Crippen LogP contribution in [0.2, 0.25) is 0 Å². The molecule has 0 spiro atoms. The highest BCUT2D eigenvalue weighted by atomic mass is 16.6. The van der Waals surface area contributed by atoms with Gasteiger partial charge in [-0.05, 0) is 22.2 Å². The van der Waals surface area contributed by atoms with E-state index in [0.29, 0.717) is 19.5 Å². The second-order valence-corrected chi connectivity index (χ2v) is 4.40. The molecule has 1 heterocycles. The smallest absolute Gasteiger partial charge is 0.381 e. The fourth-order valence-electron chi connectivity index (χ4n) is 1.49. The Morgan fingerprint density at radius 3 is 3.00 bits per heavy atom. The van der Waals surface area contributed by atoms with Crippen molar-refractivity contribution in [3.05, 3.63) is 22.6 Å². The number of aromatic nitrogens is 2. The second-order valence-electron chi connectivity index (χ2n) is 4.40. The van der Waals surface area contributed by atoms with E-state index in [4.69, 9.17) is 5.11 Å². The van der Waals surface area contributed by atoms with Crippen molar-refractivity contribution in [1.82, 2.24) is 14.9 Å². The summed E-state index contributed by atoms with van der Waals surface area (Å²) in [6, 6.07) is 0. The molecule has 106 valence electrons. The third kappa shape index (κ3) is 5.47. The molecule has 1 atom stereocenters. The zero-order valence-electron chi connectivity index (χ0n) is 10.8. The summed E-state index contributed by atoms with van der Waals surface area (Å²) >= 11 is 0. The van der Waals surface area contributed by atoms with E-state index in [-0.39, 0.29) is 30.7 Å². The van der Waals surface area contributed by atoms with Crippen LogP contribution >= 0.6 is 0 Å². The number of imidazole rings is 1. The van der Waals surface area contributed by atoms with Crippen LogP contribution in [-0.4, -0.2) is 38.6 Å². The van der Waals surface area contributed by atoms with Crippen molar-refractivity contribution in [1.29, 1.82) is 0 Å². The molecule has 0 saturated heterocycles. The van der Waals surface area contributed by atoms with E-state index < -0.39 is 4.92 Å². The molecule has 1 aromatic heterocycles. The lowest BCUT2D eigenvalue weighted by molar-refractivity contribution is -0.389. The van der Waals surface area contributed by atoms with Crippen LogP contribution in [0, 0.1) is 16.0 Å². The normalized spacial score (nSPS) is 12.1. The SMILES string of the molecule is CC(CCO)CNC(=O)CCn1cnc([N+](=O)[O-])c1. The molecule has 0 saturated carbocycles. The van der Waals surface area contributed by atoms with E-state index in [1.54, 1.807) is 0 Å². The van der Waals surface area contributed by atoms with Crippen LogP contribution in [0.3, 0.4) is 0 Å². The number of aliphatic hydroxyl groups excluding tert-OH is 1. The number of nitro groups is 1. The van der Waals surface area contributed by atoms with Crippen molar-refractivity contribution in [3.8, 4) is 0 Å². The first kappa shape index (κ1) is 15.1. The lowest BCUT2D eigenvalue weighted by Crippen LogP contribution is -2.29. The summed E-state index contributed by atoms with van der Waals surface area (Å²) in [6.45, 7) is 2.91. The lowest BCUT2D eigenvalue weighted by atomic mass is 10.1. The van der Waals surface area contributed by atoms with Gasteiger partial charge in [-0.1, -0.05) is 6.92 Å². The Balaban J connectivity index is 2.27. The summed E-state index contributed by atoms with van der Waals surface area (Å²) in [7, 11) is 0. The van der Waals surface area contributed by atoms with Gasteiger partial charge >= 0.3 is 5.82 Å². The van der Waals surface area contributed by atoms with Gasteiger partial charge in [-0.25, -0.2) is 0 Å². The molecule has 1 rings (SSSR count). The Morgan fingerprint density at radius 2 is 2.42 bits per heavy atom. The van der Waals surface area contributed by atoms with Gasteiger partial charge in [0.1, 0.15) is 6.20 Å².